The van der Waals surface area contributed by atoms with Crippen molar-refractivity contribution in [3.63, 3.8) is 0 Å². The number of hydrogen-bond acceptors (Lipinski definition) is 5. The number of nitrogen functional groups attached to an aromatic ring is 1. The van der Waals surface area contributed by atoms with E-state index in [4.69, 9.17) is 19.9 Å². The molecule has 0 unspecified atom stereocenters. The highest BCUT2D eigenvalue weighted by atomic mass is 16.5. The molecule has 1 aromatic carbocycles. The Labute approximate surface area is 115 Å². The number of anilines is 2. The van der Waals surface area contributed by atoms with Gasteiger partial charge < -0.3 is 24.8 Å². The fourth-order valence-electron chi connectivity index (χ4n) is 1.56. The lowest BCUT2D eigenvalue weighted by atomic mass is 10.2. The van der Waals surface area contributed by atoms with Gasteiger partial charge in [-0.3, -0.25) is 0 Å². The van der Waals surface area contributed by atoms with E-state index in [1.165, 1.54) is 0 Å². The van der Waals surface area contributed by atoms with Gasteiger partial charge in [-0.25, -0.2) is 0 Å². The van der Waals surface area contributed by atoms with Gasteiger partial charge in [0.25, 0.3) is 0 Å². The lowest BCUT2D eigenvalue weighted by Gasteiger charge is -2.19. The molecule has 0 spiro atoms. The minimum atomic E-state index is 0.603. The van der Waals surface area contributed by atoms with Crippen LogP contribution in [0.3, 0.4) is 0 Å². The molecule has 0 fully saturated rings. The predicted molar refractivity (Wildman–Crippen MR) is 77.6 cm³/mol. The summed E-state index contributed by atoms with van der Waals surface area (Å²) < 4.78 is 15.7. The Morgan fingerprint density at radius 2 is 1.74 bits per heavy atom. The van der Waals surface area contributed by atoms with E-state index in [1.807, 2.05) is 31.3 Å². The van der Waals surface area contributed by atoms with Crippen molar-refractivity contribution in [1.29, 1.82) is 0 Å². The number of rotatable bonds is 10. The molecule has 19 heavy (non-hydrogen) atoms. The first-order chi connectivity index (χ1) is 9.24. The van der Waals surface area contributed by atoms with Crippen LogP contribution in [0.2, 0.25) is 0 Å². The van der Waals surface area contributed by atoms with Crippen molar-refractivity contribution in [2.45, 2.75) is 0 Å². The van der Waals surface area contributed by atoms with Crippen LogP contribution in [-0.4, -0.2) is 53.7 Å². The van der Waals surface area contributed by atoms with Crippen LogP contribution in [0.5, 0.6) is 0 Å². The number of benzene rings is 1. The maximum Gasteiger partial charge on any atom is 0.0701 e. The average Bonchev–Trinajstić information content (AvgIpc) is 2.41. The zero-order valence-electron chi connectivity index (χ0n) is 11.8. The summed E-state index contributed by atoms with van der Waals surface area (Å²) in [5.41, 5.74) is 7.62. The van der Waals surface area contributed by atoms with Crippen LogP contribution in [0, 0.1) is 0 Å². The molecule has 0 saturated carbocycles. The minimum absolute atomic E-state index is 0.603. The van der Waals surface area contributed by atoms with Crippen LogP contribution in [0.1, 0.15) is 0 Å². The molecule has 1 rings (SSSR count). The van der Waals surface area contributed by atoms with E-state index in [0.717, 1.165) is 17.9 Å². The summed E-state index contributed by atoms with van der Waals surface area (Å²) in [6.45, 7) is 3.93. The molecule has 2 N–H and O–H groups in total. The molecule has 0 aliphatic rings. The second kappa shape index (κ2) is 9.61. The van der Waals surface area contributed by atoms with Crippen molar-refractivity contribution in [2.24, 2.45) is 0 Å². The van der Waals surface area contributed by atoms with Gasteiger partial charge in [0.15, 0.2) is 0 Å². The van der Waals surface area contributed by atoms with E-state index >= 15 is 0 Å². The summed E-state index contributed by atoms with van der Waals surface area (Å²) in [4.78, 5) is 2.11. The number of nitrogens with zero attached hydrogens (tertiary/aromatic N) is 1. The van der Waals surface area contributed by atoms with Gasteiger partial charge in [-0.2, -0.15) is 0 Å². The first-order valence-corrected chi connectivity index (χ1v) is 6.45. The van der Waals surface area contributed by atoms with Crippen molar-refractivity contribution in [2.75, 3.05) is 64.4 Å². The Hall–Kier alpha value is -1.30. The van der Waals surface area contributed by atoms with E-state index in [2.05, 4.69) is 4.90 Å². The molecule has 5 heteroatoms. The van der Waals surface area contributed by atoms with Crippen molar-refractivity contribution in [1.82, 2.24) is 0 Å². The van der Waals surface area contributed by atoms with E-state index in [9.17, 15) is 0 Å². The van der Waals surface area contributed by atoms with Crippen molar-refractivity contribution < 1.29 is 14.2 Å². The lowest BCUT2D eigenvalue weighted by molar-refractivity contribution is 0.0266. The van der Waals surface area contributed by atoms with Crippen LogP contribution in [0.25, 0.3) is 0 Å². The van der Waals surface area contributed by atoms with Gasteiger partial charge in [-0.1, -0.05) is 6.07 Å². The molecule has 1 aromatic rings. The maximum absolute atomic E-state index is 5.75. The Kier molecular flexibility index (Phi) is 7.97. The SMILES string of the molecule is COCCOCCOCCN(C)c1cccc(N)c1. The second-order valence-electron chi connectivity index (χ2n) is 4.23. The molecule has 0 amide bonds. The summed E-state index contributed by atoms with van der Waals surface area (Å²) in [6.07, 6.45) is 0. The van der Waals surface area contributed by atoms with Crippen LogP contribution in [-0.2, 0) is 14.2 Å². The predicted octanol–water partition coefficient (Wildman–Crippen LogP) is 1.38. The highest BCUT2D eigenvalue weighted by molar-refractivity contribution is 5.55. The summed E-state index contributed by atoms with van der Waals surface area (Å²) in [6, 6.07) is 7.81. The van der Waals surface area contributed by atoms with Crippen molar-refractivity contribution >= 4 is 11.4 Å². The number of hydrogen-bond donors (Lipinski definition) is 1. The maximum atomic E-state index is 5.75. The summed E-state index contributed by atoms with van der Waals surface area (Å²) in [7, 11) is 3.68. The van der Waals surface area contributed by atoms with Crippen LogP contribution in [0.4, 0.5) is 11.4 Å². The van der Waals surface area contributed by atoms with Gasteiger partial charge in [0.2, 0.25) is 0 Å². The summed E-state index contributed by atoms with van der Waals surface area (Å²) in [5.74, 6) is 0. The molecule has 0 bridgehead atoms. The molecule has 5 nitrogen and oxygen atoms in total. The van der Waals surface area contributed by atoms with Gasteiger partial charge in [-0.05, 0) is 18.2 Å². The number of likely N-dealkylation sites (N-methyl/N-ethyl adjacent to an activating group) is 1. The molecule has 0 heterocycles. The van der Waals surface area contributed by atoms with E-state index in [-0.39, 0.29) is 0 Å². The fraction of sp³-hybridized carbons (Fsp3) is 0.571. The van der Waals surface area contributed by atoms with Crippen molar-refractivity contribution in [3.05, 3.63) is 24.3 Å². The van der Waals surface area contributed by atoms with Gasteiger partial charge in [-0.15, -0.1) is 0 Å². The monoisotopic (exact) mass is 268 g/mol. The van der Waals surface area contributed by atoms with Gasteiger partial charge >= 0.3 is 0 Å². The summed E-state index contributed by atoms with van der Waals surface area (Å²) >= 11 is 0. The molecule has 0 aliphatic carbocycles. The highest BCUT2D eigenvalue weighted by Crippen LogP contribution is 2.15. The first kappa shape index (κ1) is 15.8. The van der Waals surface area contributed by atoms with Crippen LogP contribution in [0.15, 0.2) is 24.3 Å². The van der Waals surface area contributed by atoms with Gasteiger partial charge in [0.05, 0.1) is 33.0 Å². The molecular weight excluding hydrogens is 244 g/mol. The summed E-state index contributed by atoms with van der Waals surface area (Å²) in [5, 5.41) is 0. The zero-order valence-corrected chi connectivity index (χ0v) is 11.8. The number of nitrogens with two attached hydrogens (primary N) is 1. The number of methoxy groups -OCH3 is 1. The van der Waals surface area contributed by atoms with Crippen LogP contribution < -0.4 is 10.6 Å². The smallest absolute Gasteiger partial charge is 0.0701 e. The standard InChI is InChI=1S/C14H24N2O3/c1-16(14-5-3-4-13(15)12-14)6-7-18-10-11-19-9-8-17-2/h3-5,12H,6-11,15H2,1-2H3. The Morgan fingerprint density at radius 3 is 2.42 bits per heavy atom. The van der Waals surface area contributed by atoms with Gasteiger partial charge in [0, 0.05) is 32.1 Å². The molecule has 0 saturated heterocycles. The van der Waals surface area contributed by atoms with E-state index in [0.29, 0.717) is 33.0 Å². The number of ether oxygens (including phenoxy) is 3. The lowest BCUT2D eigenvalue weighted by Crippen LogP contribution is -2.23. The zero-order chi connectivity index (χ0) is 13.9. The topological polar surface area (TPSA) is 57.0 Å². The van der Waals surface area contributed by atoms with Crippen LogP contribution >= 0.6 is 0 Å². The highest BCUT2D eigenvalue weighted by Gasteiger charge is 2.00. The third kappa shape index (κ3) is 7.00. The molecule has 108 valence electrons. The molecule has 0 atom stereocenters. The molecular formula is C14H24N2O3. The van der Waals surface area contributed by atoms with E-state index < -0.39 is 0 Å². The van der Waals surface area contributed by atoms with Gasteiger partial charge in [0.1, 0.15) is 0 Å². The third-order valence-electron chi connectivity index (χ3n) is 2.69. The minimum Gasteiger partial charge on any atom is -0.399 e. The Balaban J connectivity index is 2.06. The molecule has 0 aliphatic heterocycles. The normalized spacial score (nSPS) is 10.6. The molecule has 0 aromatic heterocycles. The Bertz CT molecular complexity index is 347. The first-order valence-electron chi connectivity index (χ1n) is 6.45. The largest absolute Gasteiger partial charge is 0.399 e. The quantitative estimate of drug-likeness (QED) is 0.513. The third-order valence-corrected chi connectivity index (χ3v) is 2.69. The average molecular weight is 268 g/mol. The van der Waals surface area contributed by atoms with Crippen molar-refractivity contribution in [3.8, 4) is 0 Å². The Morgan fingerprint density at radius 1 is 1.05 bits per heavy atom. The second-order valence-corrected chi connectivity index (χ2v) is 4.23. The van der Waals surface area contributed by atoms with E-state index in [1.54, 1.807) is 7.11 Å². The molecule has 0 radical (unpaired) electrons. The fourth-order valence-corrected chi connectivity index (χ4v) is 1.56.